The number of fused-ring (bicyclic) bond motifs is 1. The molecule has 6 nitrogen and oxygen atoms in total. The molecule has 2 aromatic heterocycles. The summed E-state index contributed by atoms with van der Waals surface area (Å²) in [6.45, 7) is 3.83. The molecule has 134 valence electrons. The summed E-state index contributed by atoms with van der Waals surface area (Å²) >= 11 is 0. The van der Waals surface area contributed by atoms with Crippen molar-refractivity contribution in [1.82, 2.24) is 19.9 Å². The number of pyridine rings is 1. The third-order valence-electron chi connectivity index (χ3n) is 5.03. The van der Waals surface area contributed by atoms with Crippen molar-refractivity contribution in [2.75, 3.05) is 18.0 Å². The maximum atomic E-state index is 12.4. The van der Waals surface area contributed by atoms with Crippen molar-refractivity contribution in [3.63, 3.8) is 0 Å². The molecular weight excluding hydrogens is 326 g/mol. The quantitative estimate of drug-likeness (QED) is 0.787. The molecule has 1 aliphatic rings. The molecule has 1 fully saturated rings. The molecular formula is C20H23N5O. The van der Waals surface area contributed by atoms with Crippen molar-refractivity contribution >= 4 is 17.5 Å². The first-order valence-corrected chi connectivity index (χ1v) is 9.19. The Balaban J connectivity index is 1.36. The number of nitrogens with one attached hydrogen (secondary N) is 1. The second kappa shape index (κ2) is 7.15. The van der Waals surface area contributed by atoms with E-state index in [4.69, 9.17) is 0 Å². The van der Waals surface area contributed by atoms with Crippen LogP contribution in [0.25, 0.3) is 5.65 Å². The van der Waals surface area contributed by atoms with E-state index in [2.05, 4.69) is 27.3 Å². The van der Waals surface area contributed by atoms with Crippen LogP contribution in [0, 0.1) is 0 Å². The SMILES string of the molecule is CCc1ccc(C(=O)NC2CCN(c3nnc4ccccn34)CC2)cc1. The molecule has 0 spiro atoms. The predicted octanol–water partition coefficient (Wildman–Crippen LogP) is 2.69. The highest BCUT2D eigenvalue weighted by atomic mass is 16.1. The van der Waals surface area contributed by atoms with Crippen molar-refractivity contribution in [1.29, 1.82) is 0 Å². The number of nitrogens with zero attached hydrogens (tertiary/aromatic N) is 4. The summed E-state index contributed by atoms with van der Waals surface area (Å²) in [5, 5.41) is 11.7. The normalized spacial score (nSPS) is 15.3. The number of piperidine rings is 1. The minimum Gasteiger partial charge on any atom is -0.349 e. The molecule has 26 heavy (non-hydrogen) atoms. The number of benzene rings is 1. The van der Waals surface area contributed by atoms with Crippen LogP contribution in [0.1, 0.15) is 35.7 Å². The third-order valence-corrected chi connectivity index (χ3v) is 5.03. The van der Waals surface area contributed by atoms with Crippen LogP contribution in [-0.2, 0) is 6.42 Å². The fraction of sp³-hybridized carbons (Fsp3) is 0.350. The van der Waals surface area contributed by atoms with Crippen LogP contribution in [0.4, 0.5) is 5.95 Å². The average molecular weight is 349 g/mol. The highest BCUT2D eigenvalue weighted by Gasteiger charge is 2.23. The number of anilines is 1. The zero-order valence-corrected chi connectivity index (χ0v) is 14.9. The molecule has 3 heterocycles. The molecule has 0 atom stereocenters. The number of amides is 1. The first-order valence-electron chi connectivity index (χ1n) is 9.19. The second-order valence-electron chi connectivity index (χ2n) is 6.71. The summed E-state index contributed by atoms with van der Waals surface area (Å²) in [6, 6.07) is 14.0. The van der Waals surface area contributed by atoms with Crippen LogP contribution in [-0.4, -0.2) is 39.6 Å². The molecule has 0 saturated carbocycles. The van der Waals surface area contributed by atoms with E-state index >= 15 is 0 Å². The minimum absolute atomic E-state index is 0.0130. The Labute approximate surface area is 152 Å². The van der Waals surface area contributed by atoms with Crippen molar-refractivity contribution < 1.29 is 4.79 Å². The number of carbonyl (C=O) groups is 1. The Morgan fingerprint density at radius 3 is 2.62 bits per heavy atom. The molecule has 0 bridgehead atoms. The summed E-state index contributed by atoms with van der Waals surface area (Å²) in [7, 11) is 0. The van der Waals surface area contributed by atoms with Gasteiger partial charge in [0, 0.05) is 30.9 Å². The van der Waals surface area contributed by atoms with Gasteiger partial charge in [0.15, 0.2) is 5.65 Å². The van der Waals surface area contributed by atoms with E-state index in [-0.39, 0.29) is 11.9 Å². The van der Waals surface area contributed by atoms with Crippen LogP contribution in [0.5, 0.6) is 0 Å². The van der Waals surface area contributed by atoms with Gasteiger partial charge in [-0.1, -0.05) is 25.1 Å². The van der Waals surface area contributed by atoms with E-state index in [0.717, 1.165) is 49.5 Å². The lowest BCUT2D eigenvalue weighted by atomic mass is 10.0. The fourth-order valence-electron chi connectivity index (χ4n) is 3.43. The number of carbonyl (C=O) groups excluding carboxylic acids is 1. The van der Waals surface area contributed by atoms with E-state index in [1.54, 1.807) is 0 Å². The van der Waals surface area contributed by atoms with Gasteiger partial charge in [-0.15, -0.1) is 10.2 Å². The van der Waals surface area contributed by atoms with E-state index in [9.17, 15) is 4.79 Å². The van der Waals surface area contributed by atoms with Crippen molar-refractivity contribution in [2.45, 2.75) is 32.2 Å². The molecule has 6 heteroatoms. The molecule has 1 N–H and O–H groups in total. The lowest BCUT2D eigenvalue weighted by Crippen LogP contribution is -2.45. The van der Waals surface area contributed by atoms with Gasteiger partial charge in [-0.3, -0.25) is 9.20 Å². The lowest BCUT2D eigenvalue weighted by Gasteiger charge is -2.32. The summed E-state index contributed by atoms with van der Waals surface area (Å²) < 4.78 is 2.01. The van der Waals surface area contributed by atoms with Crippen LogP contribution < -0.4 is 10.2 Å². The molecule has 1 aliphatic heterocycles. The molecule has 0 aliphatic carbocycles. The van der Waals surface area contributed by atoms with Gasteiger partial charge in [0.05, 0.1) is 0 Å². The Morgan fingerprint density at radius 2 is 1.88 bits per heavy atom. The highest BCUT2D eigenvalue weighted by molar-refractivity contribution is 5.94. The van der Waals surface area contributed by atoms with Gasteiger partial charge in [-0.05, 0) is 49.1 Å². The van der Waals surface area contributed by atoms with Gasteiger partial charge >= 0.3 is 0 Å². The fourth-order valence-corrected chi connectivity index (χ4v) is 3.43. The number of hydrogen-bond acceptors (Lipinski definition) is 4. The van der Waals surface area contributed by atoms with Gasteiger partial charge < -0.3 is 10.2 Å². The molecule has 1 saturated heterocycles. The first-order chi connectivity index (χ1) is 12.7. The molecule has 0 radical (unpaired) electrons. The van der Waals surface area contributed by atoms with Gasteiger partial charge in [-0.2, -0.15) is 0 Å². The maximum absolute atomic E-state index is 12.4. The Bertz CT molecular complexity index is 894. The molecule has 1 aromatic carbocycles. The number of hydrogen-bond donors (Lipinski definition) is 1. The molecule has 3 aromatic rings. The van der Waals surface area contributed by atoms with E-state index in [1.165, 1.54) is 5.56 Å². The summed E-state index contributed by atoms with van der Waals surface area (Å²) in [6.07, 6.45) is 4.78. The third kappa shape index (κ3) is 3.27. The second-order valence-corrected chi connectivity index (χ2v) is 6.71. The minimum atomic E-state index is 0.0130. The Hall–Kier alpha value is -2.89. The molecule has 0 unspecified atom stereocenters. The summed E-state index contributed by atoms with van der Waals surface area (Å²) in [5.41, 5.74) is 2.83. The Kier molecular flexibility index (Phi) is 4.56. The number of rotatable bonds is 4. The van der Waals surface area contributed by atoms with Crippen LogP contribution in [0.15, 0.2) is 48.7 Å². The van der Waals surface area contributed by atoms with Crippen LogP contribution >= 0.6 is 0 Å². The lowest BCUT2D eigenvalue weighted by molar-refractivity contribution is 0.0931. The summed E-state index contributed by atoms with van der Waals surface area (Å²) in [5.74, 6) is 0.888. The monoisotopic (exact) mass is 349 g/mol. The van der Waals surface area contributed by atoms with Gasteiger partial charge in [0.2, 0.25) is 5.95 Å². The first kappa shape index (κ1) is 16.6. The van der Waals surface area contributed by atoms with Gasteiger partial charge in [0.25, 0.3) is 5.91 Å². The molecule has 4 rings (SSSR count). The van der Waals surface area contributed by atoms with Crippen molar-refractivity contribution in [3.05, 3.63) is 59.8 Å². The molecule has 1 amide bonds. The average Bonchev–Trinajstić information content (AvgIpc) is 3.13. The zero-order chi connectivity index (χ0) is 17.9. The zero-order valence-electron chi connectivity index (χ0n) is 14.9. The standard InChI is InChI=1S/C20H23N5O/c1-2-15-6-8-16(9-7-15)19(26)21-17-10-13-24(14-11-17)20-23-22-18-5-3-4-12-25(18)20/h3-9,12,17H,2,10-11,13-14H2,1H3,(H,21,26). The van der Waals surface area contributed by atoms with Gasteiger partial charge in [0.1, 0.15) is 0 Å². The van der Waals surface area contributed by atoms with E-state index < -0.39 is 0 Å². The highest BCUT2D eigenvalue weighted by Crippen LogP contribution is 2.19. The Morgan fingerprint density at radius 1 is 1.12 bits per heavy atom. The smallest absolute Gasteiger partial charge is 0.251 e. The number of aromatic nitrogens is 3. The van der Waals surface area contributed by atoms with Crippen molar-refractivity contribution in [2.24, 2.45) is 0 Å². The summed E-state index contributed by atoms with van der Waals surface area (Å²) in [4.78, 5) is 14.7. The topological polar surface area (TPSA) is 62.5 Å². The number of aryl methyl sites for hydroxylation is 1. The maximum Gasteiger partial charge on any atom is 0.251 e. The van der Waals surface area contributed by atoms with Crippen LogP contribution in [0.2, 0.25) is 0 Å². The largest absolute Gasteiger partial charge is 0.349 e. The van der Waals surface area contributed by atoms with Crippen LogP contribution in [0.3, 0.4) is 0 Å². The van der Waals surface area contributed by atoms with Crippen molar-refractivity contribution in [3.8, 4) is 0 Å². The van der Waals surface area contributed by atoms with E-state index in [1.807, 2.05) is 53.1 Å². The van der Waals surface area contributed by atoms with E-state index in [0.29, 0.717) is 0 Å². The van der Waals surface area contributed by atoms with Gasteiger partial charge in [-0.25, -0.2) is 0 Å². The predicted molar refractivity (Wildman–Crippen MR) is 102 cm³/mol.